The van der Waals surface area contributed by atoms with Gasteiger partial charge in [0.15, 0.2) is 0 Å². The van der Waals surface area contributed by atoms with Crippen LogP contribution in [0.15, 0.2) is 48.5 Å². The summed E-state index contributed by atoms with van der Waals surface area (Å²) in [5.41, 5.74) is 0.223. The maximum Gasteiger partial charge on any atom is 0.250 e. The Kier molecular flexibility index (Phi) is 7.48. The number of halogens is 1. The molecule has 2 aromatic carbocycles. The van der Waals surface area contributed by atoms with E-state index in [1.165, 1.54) is 0 Å². The average molecular weight is 554 g/mol. The second-order valence-corrected chi connectivity index (χ2v) is 11.7. The summed E-state index contributed by atoms with van der Waals surface area (Å²) in [4.78, 5) is 43.5. The molecule has 5 rings (SSSR count). The van der Waals surface area contributed by atoms with Crippen molar-refractivity contribution in [1.82, 2.24) is 10.2 Å². The first kappa shape index (κ1) is 27.6. The summed E-state index contributed by atoms with van der Waals surface area (Å²) in [6.45, 7) is 6.38. The Bertz CT molecular complexity index is 1250. The van der Waals surface area contributed by atoms with Gasteiger partial charge in [-0.3, -0.25) is 14.4 Å². The second-order valence-electron chi connectivity index (χ2n) is 11.3. The monoisotopic (exact) mass is 553 g/mol. The van der Waals surface area contributed by atoms with Gasteiger partial charge in [0.1, 0.15) is 11.6 Å². The van der Waals surface area contributed by atoms with E-state index in [1.807, 2.05) is 63.2 Å². The molecule has 8 nitrogen and oxygen atoms in total. The largest absolute Gasteiger partial charge is 0.396 e. The number of nitrogens with zero attached hydrogens (tertiary/aromatic N) is 1. The summed E-state index contributed by atoms with van der Waals surface area (Å²) in [5.74, 6) is -2.45. The third-order valence-corrected chi connectivity index (χ3v) is 9.25. The van der Waals surface area contributed by atoms with Gasteiger partial charge >= 0.3 is 0 Å². The number of anilines is 1. The van der Waals surface area contributed by atoms with E-state index >= 15 is 0 Å². The number of rotatable bonds is 9. The SMILES string of the molecule is Cc1cccc(Cl)c1NC(=O)C1N(CCCCO)C(=O)[C@@H]2[C@H](C(=O)NCc3ccccc3)[C@@]3(C)OC12CC3C. The number of para-hydroxylation sites is 1. The zero-order chi connectivity index (χ0) is 27.9. The Labute approximate surface area is 234 Å². The fourth-order valence-electron chi connectivity index (χ4n) is 6.95. The molecule has 0 aromatic heterocycles. The van der Waals surface area contributed by atoms with Crippen LogP contribution in [-0.2, 0) is 25.7 Å². The summed E-state index contributed by atoms with van der Waals surface area (Å²) >= 11 is 6.42. The lowest BCUT2D eigenvalue weighted by molar-refractivity contribution is -0.146. The minimum Gasteiger partial charge on any atom is -0.396 e. The number of aliphatic hydroxyl groups is 1. The van der Waals surface area contributed by atoms with Crippen LogP contribution in [0.25, 0.3) is 0 Å². The molecule has 3 unspecified atom stereocenters. The number of nitrogens with one attached hydrogen (secondary N) is 2. The number of carbonyl (C=O) groups is 3. The lowest BCUT2D eigenvalue weighted by Gasteiger charge is -2.36. The number of amides is 3. The highest BCUT2D eigenvalue weighted by atomic mass is 35.5. The quantitative estimate of drug-likeness (QED) is 0.411. The Balaban J connectivity index is 1.49. The molecule has 0 radical (unpaired) electrons. The van der Waals surface area contributed by atoms with Gasteiger partial charge < -0.3 is 25.4 Å². The number of aliphatic hydroxyl groups excluding tert-OH is 1. The Hall–Kier alpha value is -2.94. The third-order valence-electron chi connectivity index (χ3n) is 8.93. The Morgan fingerprint density at radius 2 is 1.87 bits per heavy atom. The van der Waals surface area contributed by atoms with E-state index in [0.29, 0.717) is 36.5 Å². The molecular weight excluding hydrogens is 518 g/mol. The number of benzene rings is 2. The molecule has 3 aliphatic heterocycles. The highest BCUT2D eigenvalue weighted by Gasteiger charge is 2.79. The van der Waals surface area contributed by atoms with E-state index in [1.54, 1.807) is 11.0 Å². The topological polar surface area (TPSA) is 108 Å². The predicted molar refractivity (Wildman–Crippen MR) is 148 cm³/mol. The predicted octanol–water partition coefficient (Wildman–Crippen LogP) is 3.69. The zero-order valence-electron chi connectivity index (χ0n) is 22.6. The molecule has 9 heteroatoms. The van der Waals surface area contributed by atoms with Gasteiger partial charge in [0.05, 0.1) is 28.1 Å². The fraction of sp³-hybridized carbons (Fsp3) is 0.500. The van der Waals surface area contributed by atoms with Crippen LogP contribution in [0.1, 0.15) is 44.2 Å². The number of unbranched alkanes of at least 4 members (excludes halogenated alkanes) is 1. The highest BCUT2D eigenvalue weighted by Crippen LogP contribution is 2.65. The minimum absolute atomic E-state index is 0.0115. The highest BCUT2D eigenvalue weighted by molar-refractivity contribution is 6.34. The summed E-state index contributed by atoms with van der Waals surface area (Å²) < 4.78 is 6.74. The van der Waals surface area contributed by atoms with E-state index in [4.69, 9.17) is 16.3 Å². The fourth-order valence-corrected chi connectivity index (χ4v) is 7.22. The second kappa shape index (κ2) is 10.6. The molecule has 6 atom stereocenters. The van der Waals surface area contributed by atoms with Crippen molar-refractivity contribution in [3.8, 4) is 0 Å². The van der Waals surface area contributed by atoms with Crippen LogP contribution >= 0.6 is 11.6 Å². The van der Waals surface area contributed by atoms with E-state index in [0.717, 1.165) is 11.1 Å². The molecule has 3 saturated heterocycles. The molecule has 3 N–H and O–H groups in total. The number of carbonyl (C=O) groups excluding carboxylic acids is 3. The number of likely N-dealkylation sites (tertiary alicyclic amines) is 1. The maximum absolute atomic E-state index is 14.1. The molecule has 39 heavy (non-hydrogen) atoms. The molecule has 3 aliphatic rings. The normalized spacial score (nSPS) is 30.9. The molecule has 0 saturated carbocycles. The van der Waals surface area contributed by atoms with Gasteiger partial charge in [-0.25, -0.2) is 0 Å². The first-order chi connectivity index (χ1) is 18.6. The van der Waals surface area contributed by atoms with Gasteiger partial charge in [-0.15, -0.1) is 0 Å². The van der Waals surface area contributed by atoms with Crippen molar-refractivity contribution in [3.63, 3.8) is 0 Å². The molecule has 3 fully saturated rings. The molecule has 0 aliphatic carbocycles. The lowest BCUT2D eigenvalue weighted by atomic mass is 9.62. The molecule has 2 bridgehead atoms. The van der Waals surface area contributed by atoms with Crippen LogP contribution in [-0.4, -0.2) is 58.1 Å². The summed E-state index contributed by atoms with van der Waals surface area (Å²) in [5, 5.41) is 15.8. The van der Waals surface area contributed by atoms with Crippen LogP contribution in [0.4, 0.5) is 5.69 Å². The van der Waals surface area contributed by atoms with Crippen LogP contribution in [0.2, 0.25) is 5.02 Å². The molecule has 1 spiro atoms. The smallest absolute Gasteiger partial charge is 0.250 e. The number of hydrogen-bond acceptors (Lipinski definition) is 5. The molecule has 2 aromatic rings. The van der Waals surface area contributed by atoms with Gasteiger partial charge in [0.2, 0.25) is 17.7 Å². The first-order valence-electron chi connectivity index (χ1n) is 13.6. The molecule has 3 amide bonds. The van der Waals surface area contributed by atoms with Gasteiger partial charge in [-0.1, -0.05) is 61.0 Å². The summed E-state index contributed by atoms with van der Waals surface area (Å²) in [6, 6.07) is 14.1. The number of hydrogen-bond donors (Lipinski definition) is 3. The van der Waals surface area contributed by atoms with Crippen LogP contribution in [0.5, 0.6) is 0 Å². The Morgan fingerprint density at radius 1 is 1.13 bits per heavy atom. The van der Waals surface area contributed by atoms with Gasteiger partial charge in [0.25, 0.3) is 0 Å². The van der Waals surface area contributed by atoms with E-state index in [2.05, 4.69) is 10.6 Å². The molecular formula is C30H36ClN3O5. The average Bonchev–Trinajstić information content (AvgIpc) is 3.42. The van der Waals surface area contributed by atoms with Crippen molar-refractivity contribution in [3.05, 3.63) is 64.7 Å². The van der Waals surface area contributed by atoms with Crippen molar-refractivity contribution >= 4 is 35.0 Å². The standard InChI is InChI=1S/C30H36ClN3O5/c1-18-10-9-13-21(31)24(18)33-27(37)25-30-16-19(2)29(3,39-30)22(23(30)28(38)34(25)14-7-8-15-35)26(36)32-17-20-11-5-4-6-12-20/h4-6,9-13,19,22-23,25,35H,7-8,14-17H2,1-3H3,(H,32,36)(H,33,37)/t19?,22-,23+,25?,29+,30?/m1/s1. The van der Waals surface area contributed by atoms with E-state index in [9.17, 15) is 19.5 Å². The first-order valence-corrected chi connectivity index (χ1v) is 14.0. The third kappa shape index (κ3) is 4.52. The van der Waals surface area contributed by atoms with E-state index < -0.39 is 29.1 Å². The van der Waals surface area contributed by atoms with Crippen LogP contribution < -0.4 is 10.6 Å². The van der Waals surface area contributed by atoms with Crippen molar-refractivity contribution < 1.29 is 24.2 Å². The molecule has 208 valence electrons. The number of ether oxygens (including phenoxy) is 1. The summed E-state index contributed by atoms with van der Waals surface area (Å²) in [6.07, 6.45) is 1.51. The summed E-state index contributed by atoms with van der Waals surface area (Å²) in [7, 11) is 0. The van der Waals surface area contributed by atoms with Crippen molar-refractivity contribution in [2.75, 3.05) is 18.5 Å². The van der Waals surface area contributed by atoms with Crippen molar-refractivity contribution in [2.24, 2.45) is 17.8 Å². The zero-order valence-corrected chi connectivity index (χ0v) is 23.3. The van der Waals surface area contributed by atoms with Gasteiger partial charge in [-0.05, 0) is 56.2 Å². The minimum atomic E-state index is -1.14. The van der Waals surface area contributed by atoms with Gasteiger partial charge in [0, 0.05) is 19.7 Å². The van der Waals surface area contributed by atoms with Crippen molar-refractivity contribution in [2.45, 2.75) is 63.8 Å². The van der Waals surface area contributed by atoms with Crippen molar-refractivity contribution in [1.29, 1.82) is 0 Å². The Morgan fingerprint density at radius 3 is 2.56 bits per heavy atom. The number of aryl methyl sites for hydroxylation is 1. The number of fused-ring (bicyclic) bond motifs is 1. The lowest BCUT2D eigenvalue weighted by Crippen LogP contribution is -2.54. The van der Waals surface area contributed by atoms with Gasteiger partial charge in [-0.2, -0.15) is 0 Å². The maximum atomic E-state index is 14.1. The van der Waals surface area contributed by atoms with E-state index in [-0.39, 0.29) is 36.8 Å². The molecule has 3 heterocycles. The van der Waals surface area contributed by atoms with Crippen LogP contribution in [0, 0.1) is 24.7 Å². The van der Waals surface area contributed by atoms with Crippen LogP contribution in [0.3, 0.4) is 0 Å².